The van der Waals surface area contributed by atoms with Crippen molar-refractivity contribution in [1.29, 1.82) is 5.26 Å². The van der Waals surface area contributed by atoms with Crippen LogP contribution < -0.4 is 0 Å². The van der Waals surface area contributed by atoms with Gasteiger partial charge in [0, 0.05) is 11.6 Å². The number of nitriles is 1. The second kappa shape index (κ2) is 3.61. The average Bonchev–Trinajstić information content (AvgIpc) is 2.26. The predicted molar refractivity (Wildman–Crippen MR) is 65.2 cm³/mol. The number of fused-ring (bicyclic) bond motifs is 1. The van der Waals surface area contributed by atoms with Crippen LogP contribution in [-0.4, -0.2) is 4.98 Å². The highest BCUT2D eigenvalue weighted by molar-refractivity contribution is 5.84. The summed E-state index contributed by atoms with van der Waals surface area (Å²) in [5.74, 6) is 0. The molecule has 0 spiro atoms. The van der Waals surface area contributed by atoms with E-state index < -0.39 is 0 Å². The minimum Gasteiger partial charge on any atom is -0.256 e. The average molecular weight is 210 g/mol. The molecule has 0 fully saturated rings. The number of hydrogen-bond donors (Lipinski definition) is 0. The minimum atomic E-state index is 0.0648. The van der Waals surface area contributed by atoms with E-state index in [-0.39, 0.29) is 5.41 Å². The first-order valence-corrected chi connectivity index (χ1v) is 5.32. The normalized spacial score (nSPS) is 11.4. The summed E-state index contributed by atoms with van der Waals surface area (Å²) in [4.78, 5) is 4.32. The smallest absolute Gasteiger partial charge is 0.0991 e. The fourth-order valence-corrected chi connectivity index (χ4v) is 1.87. The lowest BCUT2D eigenvalue weighted by atomic mass is 9.85. The Morgan fingerprint density at radius 2 is 1.94 bits per heavy atom. The zero-order chi connectivity index (χ0) is 11.8. The van der Waals surface area contributed by atoms with Crippen LogP contribution in [0.4, 0.5) is 0 Å². The Bertz CT molecular complexity index is 571. The Balaban J connectivity index is 2.80. The van der Waals surface area contributed by atoms with Gasteiger partial charge in [-0.25, -0.2) is 0 Å². The van der Waals surface area contributed by atoms with Crippen LogP contribution in [0.15, 0.2) is 30.5 Å². The van der Waals surface area contributed by atoms with E-state index >= 15 is 0 Å². The quantitative estimate of drug-likeness (QED) is 0.668. The summed E-state index contributed by atoms with van der Waals surface area (Å²) in [6, 6.07) is 9.83. The van der Waals surface area contributed by atoms with Gasteiger partial charge in [-0.05, 0) is 35.2 Å². The molecule has 1 aromatic carbocycles. The van der Waals surface area contributed by atoms with Crippen molar-refractivity contribution in [3.05, 3.63) is 41.6 Å². The van der Waals surface area contributed by atoms with Gasteiger partial charge in [-0.2, -0.15) is 5.26 Å². The fourth-order valence-electron chi connectivity index (χ4n) is 1.87. The molecule has 2 nitrogen and oxygen atoms in total. The minimum absolute atomic E-state index is 0.0648. The fraction of sp³-hybridized carbons (Fsp3) is 0.286. The maximum absolute atomic E-state index is 8.92. The lowest BCUT2D eigenvalue weighted by Crippen LogP contribution is -2.11. The second-order valence-electron chi connectivity index (χ2n) is 4.95. The Morgan fingerprint density at radius 3 is 2.56 bits per heavy atom. The van der Waals surface area contributed by atoms with Gasteiger partial charge in [-0.3, -0.25) is 4.98 Å². The van der Waals surface area contributed by atoms with Gasteiger partial charge in [0.15, 0.2) is 0 Å². The predicted octanol–water partition coefficient (Wildman–Crippen LogP) is 3.40. The molecule has 80 valence electrons. The molecule has 0 atom stereocenters. The summed E-state index contributed by atoms with van der Waals surface area (Å²) in [7, 11) is 0. The second-order valence-corrected chi connectivity index (χ2v) is 4.95. The molecule has 0 saturated heterocycles. The zero-order valence-electron chi connectivity index (χ0n) is 9.78. The van der Waals surface area contributed by atoms with Crippen molar-refractivity contribution in [1.82, 2.24) is 4.98 Å². The molecule has 0 aliphatic heterocycles. The van der Waals surface area contributed by atoms with E-state index in [1.54, 1.807) is 0 Å². The summed E-state index contributed by atoms with van der Waals surface area (Å²) in [5.41, 5.74) is 2.93. The van der Waals surface area contributed by atoms with Gasteiger partial charge < -0.3 is 0 Å². The molecule has 0 N–H and O–H groups in total. The largest absolute Gasteiger partial charge is 0.256 e. The highest BCUT2D eigenvalue weighted by Crippen LogP contribution is 2.29. The lowest BCUT2D eigenvalue weighted by molar-refractivity contribution is 0.595. The molecule has 0 saturated carbocycles. The first-order chi connectivity index (χ1) is 7.52. The van der Waals surface area contributed by atoms with E-state index in [0.717, 1.165) is 10.9 Å². The SMILES string of the molecule is CC(C)(C)c1ccnc2ccc(C#N)cc12. The number of pyridine rings is 1. The molecule has 0 radical (unpaired) electrons. The molecular formula is C14H14N2. The van der Waals surface area contributed by atoms with E-state index in [9.17, 15) is 0 Å². The monoisotopic (exact) mass is 210 g/mol. The summed E-state index contributed by atoms with van der Waals surface area (Å²) < 4.78 is 0. The molecule has 0 aliphatic carbocycles. The molecule has 1 heterocycles. The van der Waals surface area contributed by atoms with Crippen molar-refractivity contribution in [2.24, 2.45) is 0 Å². The number of rotatable bonds is 0. The Kier molecular flexibility index (Phi) is 2.40. The third-order valence-corrected chi connectivity index (χ3v) is 2.68. The zero-order valence-corrected chi connectivity index (χ0v) is 9.78. The number of nitrogens with zero attached hydrogens (tertiary/aromatic N) is 2. The van der Waals surface area contributed by atoms with Crippen LogP contribution in [0, 0.1) is 11.3 Å². The van der Waals surface area contributed by atoms with Crippen molar-refractivity contribution >= 4 is 10.9 Å². The van der Waals surface area contributed by atoms with E-state index in [2.05, 4.69) is 31.8 Å². The Labute approximate surface area is 95.6 Å². The molecular weight excluding hydrogens is 196 g/mol. The Morgan fingerprint density at radius 1 is 1.19 bits per heavy atom. The molecule has 0 aliphatic rings. The van der Waals surface area contributed by atoms with Crippen molar-refractivity contribution < 1.29 is 0 Å². The number of aromatic nitrogens is 1. The lowest BCUT2D eigenvalue weighted by Gasteiger charge is -2.20. The van der Waals surface area contributed by atoms with Gasteiger partial charge in [-0.15, -0.1) is 0 Å². The molecule has 2 aromatic rings. The first kappa shape index (κ1) is 10.6. The van der Waals surface area contributed by atoms with Crippen molar-refractivity contribution in [3.63, 3.8) is 0 Å². The van der Waals surface area contributed by atoms with Crippen molar-refractivity contribution in [2.45, 2.75) is 26.2 Å². The third kappa shape index (κ3) is 1.77. The highest BCUT2D eigenvalue weighted by Gasteiger charge is 2.16. The summed E-state index contributed by atoms with van der Waals surface area (Å²) >= 11 is 0. The van der Waals surface area contributed by atoms with E-state index in [4.69, 9.17) is 5.26 Å². The van der Waals surface area contributed by atoms with Gasteiger partial charge in [0.2, 0.25) is 0 Å². The topological polar surface area (TPSA) is 36.7 Å². The molecule has 16 heavy (non-hydrogen) atoms. The van der Waals surface area contributed by atoms with Crippen LogP contribution in [0.2, 0.25) is 0 Å². The van der Waals surface area contributed by atoms with Gasteiger partial charge in [0.05, 0.1) is 17.1 Å². The van der Waals surface area contributed by atoms with Crippen molar-refractivity contribution in [2.75, 3.05) is 0 Å². The number of benzene rings is 1. The van der Waals surface area contributed by atoms with Gasteiger partial charge in [0.25, 0.3) is 0 Å². The molecule has 1 aromatic heterocycles. The highest BCUT2D eigenvalue weighted by atomic mass is 14.6. The van der Waals surface area contributed by atoms with Gasteiger partial charge in [0.1, 0.15) is 0 Å². The molecule has 0 amide bonds. The molecule has 0 bridgehead atoms. The molecule has 2 heteroatoms. The van der Waals surface area contributed by atoms with Crippen LogP contribution in [0.25, 0.3) is 10.9 Å². The van der Waals surface area contributed by atoms with Crippen molar-refractivity contribution in [3.8, 4) is 6.07 Å². The maximum Gasteiger partial charge on any atom is 0.0991 e. The molecule has 2 rings (SSSR count). The maximum atomic E-state index is 8.92. The molecule has 0 unspecified atom stereocenters. The summed E-state index contributed by atoms with van der Waals surface area (Å²) in [6.45, 7) is 6.50. The first-order valence-electron chi connectivity index (χ1n) is 5.32. The summed E-state index contributed by atoms with van der Waals surface area (Å²) in [6.07, 6.45) is 1.83. The van der Waals surface area contributed by atoms with E-state index in [1.807, 2.05) is 30.5 Å². The van der Waals surface area contributed by atoms with Gasteiger partial charge >= 0.3 is 0 Å². The summed E-state index contributed by atoms with van der Waals surface area (Å²) in [5, 5.41) is 10.00. The third-order valence-electron chi connectivity index (χ3n) is 2.68. The van der Waals surface area contributed by atoms with Crippen LogP contribution in [-0.2, 0) is 5.41 Å². The van der Waals surface area contributed by atoms with Crippen LogP contribution in [0.1, 0.15) is 31.9 Å². The van der Waals surface area contributed by atoms with Crippen LogP contribution in [0.3, 0.4) is 0 Å². The van der Waals surface area contributed by atoms with E-state index in [1.165, 1.54) is 5.56 Å². The van der Waals surface area contributed by atoms with Gasteiger partial charge in [-0.1, -0.05) is 20.8 Å². The standard InChI is InChI=1S/C14H14N2/c1-14(2,3)12-6-7-16-13-5-4-10(9-15)8-11(12)13/h4-8H,1-3H3. The van der Waals surface area contributed by atoms with Crippen LogP contribution in [0.5, 0.6) is 0 Å². The Hall–Kier alpha value is -1.88. The van der Waals surface area contributed by atoms with Crippen LogP contribution >= 0.6 is 0 Å². The van der Waals surface area contributed by atoms with E-state index in [0.29, 0.717) is 5.56 Å². The number of hydrogen-bond acceptors (Lipinski definition) is 2.